The summed E-state index contributed by atoms with van der Waals surface area (Å²) in [6.07, 6.45) is -0.632. The molecular formula is C28H32N2O3S. The Balaban J connectivity index is 1.86. The first-order valence-electron chi connectivity index (χ1n) is 11.3. The summed E-state index contributed by atoms with van der Waals surface area (Å²) in [5.41, 5.74) is 8.98. The minimum atomic E-state index is -0.754. The second-order valence-corrected chi connectivity index (χ2v) is 10.3. The quantitative estimate of drug-likeness (QED) is 0.418. The van der Waals surface area contributed by atoms with Crippen molar-refractivity contribution in [3.63, 3.8) is 0 Å². The van der Waals surface area contributed by atoms with Crippen LogP contribution in [0.1, 0.15) is 37.5 Å². The van der Waals surface area contributed by atoms with E-state index in [1.165, 1.54) is 0 Å². The van der Waals surface area contributed by atoms with Crippen LogP contribution in [0.15, 0.2) is 91.0 Å². The minimum absolute atomic E-state index is 0.175. The molecule has 0 heterocycles. The van der Waals surface area contributed by atoms with Gasteiger partial charge in [-0.1, -0.05) is 91.0 Å². The highest BCUT2D eigenvalue weighted by Crippen LogP contribution is 2.48. The van der Waals surface area contributed by atoms with Crippen LogP contribution in [0, 0.1) is 0 Å². The van der Waals surface area contributed by atoms with Gasteiger partial charge in [0.25, 0.3) is 0 Å². The molecule has 1 amide bonds. The highest BCUT2D eigenvalue weighted by molar-refractivity contribution is 8.00. The van der Waals surface area contributed by atoms with E-state index in [4.69, 9.17) is 10.5 Å². The predicted molar refractivity (Wildman–Crippen MR) is 139 cm³/mol. The van der Waals surface area contributed by atoms with Crippen molar-refractivity contribution in [1.82, 2.24) is 5.32 Å². The maximum absolute atomic E-state index is 12.7. The van der Waals surface area contributed by atoms with Crippen LogP contribution >= 0.6 is 11.8 Å². The number of Topliss-reactive ketones (excluding diaryl/α,β-unsaturated/α-hetero) is 1. The number of ketones is 1. The van der Waals surface area contributed by atoms with Crippen molar-refractivity contribution >= 4 is 23.6 Å². The van der Waals surface area contributed by atoms with E-state index in [1.54, 1.807) is 32.5 Å². The molecule has 0 aliphatic carbocycles. The predicted octanol–water partition coefficient (Wildman–Crippen LogP) is 5.13. The largest absolute Gasteiger partial charge is 0.444 e. The van der Waals surface area contributed by atoms with E-state index in [0.29, 0.717) is 5.75 Å². The second-order valence-electron chi connectivity index (χ2n) is 9.02. The third kappa shape index (κ3) is 6.49. The number of carbonyl (C=O) groups is 2. The molecule has 0 aliphatic rings. The summed E-state index contributed by atoms with van der Waals surface area (Å²) in [7, 11) is 0. The molecule has 3 aromatic carbocycles. The van der Waals surface area contributed by atoms with E-state index in [0.717, 1.165) is 16.7 Å². The smallest absolute Gasteiger partial charge is 0.408 e. The average molecular weight is 477 g/mol. The molecule has 0 bridgehead atoms. The van der Waals surface area contributed by atoms with Gasteiger partial charge in [0.15, 0.2) is 5.78 Å². The number of benzene rings is 3. The molecule has 3 aromatic rings. The first kappa shape index (κ1) is 25.5. The Morgan fingerprint density at radius 1 is 0.824 bits per heavy atom. The van der Waals surface area contributed by atoms with Crippen molar-refractivity contribution in [2.45, 2.75) is 37.2 Å². The van der Waals surface area contributed by atoms with Crippen molar-refractivity contribution in [2.24, 2.45) is 5.73 Å². The van der Waals surface area contributed by atoms with Gasteiger partial charge in [-0.3, -0.25) is 4.79 Å². The Hall–Kier alpha value is -3.09. The van der Waals surface area contributed by atoms with Gasteiger partial charge in [-0.05, 0) is 37.5 Å². The molecule has 0 aliphatic heterocycles. The summed E-state index contributed by atoms with van der Waals surface area (Å²) in [6.45, 7) is 5.14. The van der Waals surface area contributed by atoms with Crippen LogP contribution in [0.2, 0.25) is 0 Å². The molecule has 1 atom stereocenters. The summed E-state index contributed by atoms with van der Waals surface area (Å²) in [5.74, 6) is 0.120. The fraction of sp³-hybridized carbons (Fsp3) is 0.286. The lowest BCUT2D eigenvalue weighted by molar-refractivity contribution is -0.119. The summed E-state index contributed by atoms with van der Waals surface area (Å²) < 4.78 is 4.65. The Morgan fingerprint density at radius 2 is 1.24 bits per heavy atom. The fourth-order valence-corrected chi connectivity index (χ4v) is 5.20. The van der Waals surface area contributed by atoms with E-state index in [9.17, 15) is 9.59 Å². The lowest BCUT2D eigenvalue weighted by atomic mass is 9.84. The standard InChI is InChI=1S/C28H32N2O3S/c1-27(2,3)33-26(32)30-19-25(31)24(29)20-34-28(21-13-7-4-8-14-21,22-15-9-5-10-16-22)23-17-11-6-12-18-23/h4-18,24H,19-20,29H2,1-3H3,(H,30,32)/t24-/m0/s1. The van der Waals surface area contributed by atoms with Crippen molar-refractivity contribution in [3.05, 3.63) is 108 Å². The van der Waals surface area contributed by atoms with Crippen LogP contribution in [-0.4, -0.2) is 35.8 Å². The number of carbonyl (C=O) groups excluding carboxylic acids is 2. The van der Waals surface area contributed by atoms with Gasteiger partial charge in [0, 0.05) is 5.75 Å². The van der Waals surface area contributed by atoms with E-state index in [2.05, 4.69) is 41.7 Å². The van der Waals surface area contributed by atoms with Gasteiger partial charge in [-0.25, -0.2) is 4.79 Å². The monoisotopic (exact) mass is 476 g/mol. The number of thioether (sulfide) groups is 1. The molecule has 3 N–H and O–H groups in total. The zero-order chi connectivity index (χ0) is 24.6. The molecule has 0 spiro atoms. The highest BCUT2D eigenvalue weighted by atomic mass is 32.2. The van der Waals surface area contributed by atoms with Crippen LogP contribution in [0.3, 0.4) is 0 Å². The lowest BCUT2D eigenvalue weighted by Gasteiger charge is -2.36. The molecule has 178 valence electrons. The number of hydrogen-bond acceptors (Lipinski definition) is 5. The maximum atomic E-state index is 12.7. The number of amides is 1. The molecule has 34 heavy (non-hydrogen) atoms. The minimum Gasteiger partial charge on any atom is -0.444 e. The molecular weight excluding hydrogens is 444 g/mol. The third-order valence-electron chi connectivity index (χ3n) is 5.24. The molecule has 6 heteroatoms. The Labute approximate surface area is 206 Å². The third-order valence-corrected chi connectivity index (χ3v) is 6.91. The van der Waals surface area contributed by atoms with Gasteiger partial charge in [0.2, 0.25) is 0 Å². The van der Waals surface area contributed by atoms with Gasteiger partial charge in [-0.2, -0.15) is 0 Å². The summed E-state index contributed by atoms with van der Waals surface area (Å²) in [6, 6.07) is 30.0. The number of nitrogens with one attached hydrogen (secondary N) is 1. The van der Waals surface area contributed by atoms with Gasteiger partial charge < -0.3 is 15.8 Å². The summed E-state index contributed by atoms with van der Waals surface area (Å²) >= 11 is 1.62. The normalized spacial score (nSPS) is 12.6. The highest BCUT2D eigenvalue weighted by Gasteiger charge is 2.37. The molecule has 5 nitrogen and oxygen atoms in total. The number of rotatable bonds is 9. The van der Waals surface area contributed by atoms with Gasteiger partial charge in [0.1, 0.15) is 5.60 Å². The Morgan fingerprint density at radius 3 is 1.62 bits per heavy atom. The van der Waals surface area contributed by atoms with Crippen molar-refractivity contribution in [1.29, 1.82) is 0 Å². The summed E-state index contributed by atoms with van der Waals surface area (Å²) in [5, 5.41) is 2.51. The Kier molecular flexibility index (Phi) is 8.53. The van der Waals surface area contributed by atoms with Crippen molar-refractivity contribution < 1.29 is 14.3 Å². The zero-order valence-corrected chi connectivity index (χ0v) is 20.7. The number of ether oxygens (including phenoxy) is 1. The van der Waals surface area contributed by atoms with E-state index < -0.39 is 22.5 Å². The SMILES string of the molecule is CC(C)(C)OC(=O)NCC(=O)[C@@H](N)CSC(c1ccccc1)(c1ccccc1)c1ccccc1. The first-order chi connectivity index (χ1) is 16.2. The molecule has 0 radical (unpaired) electrons. The molecule has 0 aromatic heterocycles. The molecule has 0 fully saturated rings. The maximum Gasteiger partial charge on any atom is 0.408 e. The van der Waals surface area contributed by atoms with Crippen LogP contribution in [-0.2, 0) is 14.3 Å². The number of hydrogen-bond donors (Lipinski definition) is 2. The molecule has 3 rings (SSSR count). The van der Waals surface area contributed by atoms with E-state index in [1.807, 2.05) is 54.6 Å². The molecule has 0 saturated heterocycles. The summed E-state index contributed by atoms with van der Waals surface area (Å²) in [4.78, 5) is 24.7. The van der Waals surface area contributed by atoms with Crippen molar-refractivity contribution in [2.75, 3.05) is 12.3 Å². The molecule has 0 saturated carbocycles. The van der Waals surface area contributed by atoms with Crippen LogP contribution in [0.4, 0.5) is 4.79 Å². The Bertz CT molecular complexity index is 970. The average Bonchev–Trinajstić information content (AvgIpc) is 2.84. The van der Waals surface area contributed by atoms with E-state index in [-0.39, 0.29) is 12.3 Å². The molecule has 0 unspecified atom stereocenters. The van der Waals surface area contributed by atoms with Gasteiger partial charge in [-0.15, -0.1) is 11.8 Å². The van der Waals surface area contributed by atoms with Crippen molar-refractivity contribution in [3.8, 4) is 0 Å². The fourth-order valence-electron chi connectivity index (χ4n) is 3.68. The van der Waals surface area contributed by atoms with E-state index >= 15 is 0 Å². The lowest BCUT2D eigenvalue weighted by Crippen LogP contribution is -2.43. The van der Waals surface area contributed by atoms with Gasteiger partial charge >= 0.3 is 6.09 Å². The topological polar surface area (TPSA) is 81.4 Å². The number of alkyl carbamates (subject to hydrolysis) is 1. The van der Waals surface area contributed by atoms with Crippen LogP contribution in [0.5, 0.6) is 0 Å². The number of nitrogens with two attached hydrogens (primary N) is 1. The van der Waals surface area contributed by atoms with Gasteiger partial charge in [0.05, 0.1) is 17.3 Å². The second kappa shape index (κ2) is 11.4. The zero-order valence-electron chi connectivity index (χ0n) is 19.9. The van der Waals surface area contributed by atoms with Crippen LogP contribution in [0.25, 0.3) is 0 Å². The first-order valence-corrected chi connectivity index (χ1v) is 12.3. The van der Waals surface area contributed by atoms with Crippen LogP contribution < -0.4 is 11.1 Å².